The summed E-state index contributed by atoms with van der Waals surface area (Å²) in [6, 6.07) is 12.8. The van der Waals surface area contributed by atoms with E-state index in [4.69, 9.17) is 27.7 Å². The summed E-state index contributed by atoms with van der Waals surface area (Å²) in [5.41, 5.74) is 3.94. The van der Waals surface area contributed by atoms with E-state index in [1.807, 2.05) is 24.3 Å². The average molecular weight is 371 g/mol. The summed E-state index contributed by atoms with van der Waals surface area (Å²) in [7, 11) is 0. The minimum Gasteiger partial charge on any atom is -0.360 e. The van der Waals surface area contributed by atoms with Gasteiger partial charge in [-0.3, -0.25) is 4.79 Å². The van der Waals surface area contributed by atoms with Crippen molar-refractivity contribution in [3.8, 4) is 11.3 Å². The topological polar surface area (TPSA) is 55.1 Å². The van der Waals surface area contributed by atoms with Crippen molar-refractivity contribution < 1.29 is 9.32 Å². The highest BCUT2D eigenvalue weighted by molar-refractivity contribution is 6.39. The van der Waals surface area contributed by atoms with E-state index in [-0.39, 0.29) is 5.91 Å². The van der Waals surface area contributed by atoms with Gasteiger partial charge in [-0.25, -0.2) is 0 Å². The molecule has 0 aliphatic carbocycles. The number of amides is 1. The second-order valence-corrected chi connectivity index (χ2v) is 6.47. The largest absolute Gasteiger partial charge is 0.360 e. The zero-order valence-electron chi connectivity index (χ0n) is 13.1. The van der Waals surface area contributed by atoms with Crippen LogP contribution in [0.2, 0.25) is 10.0 Å². The van der Waals surface area contributed by atoms with Crippen molar-refractivity contribution in [2.24, 2.45) is 0 Å². The number of carbonyl (C=O) groups excluding carboxylic acids is 1. The number of carbonyl (C=O) groups is 1. The highest BCUT2D eigenvalue weighted by atomic mass is 35.5. The van der Waals surface area contributed by atoms with Crippen molar-refractivity contribution in [3.05, 3.63) is 69.4 Å². The maximum absolute atomic E-state index is 12.4. The predicted octanol–water partition coefficient (Wildman–Crippen LogP) is 5.45. The number of nitrogens with one attached hydrogen (secondary N) is 1. The van der Waals surface area contributed by atoms with Gasteiger partial charge in [-0.15, -0.1) is 0 Å². The number of anilines is 1. The first kappa shape index (κ1) is 15.9. The normalized spacial score (nSPS) is 14.7. The third-order valence-electron chi connectivity index (χ3n) is 4.11. The maximum Gasteiger partial charge on any atom is 0.256 e. The van der Waals surface area contributed by atoms with Crippen LogP contribution in [0.5, 0.6) is 0 Å². The molecule has 0 bridgehead atoms. The summed E-state index contributed by atoms with van der Waals surface area (Å²) in [6.45, 7) is 1.78. The van der Waals surface area contributed by atoms with Crippen LogP contribution in [0.15, 0.2) is 47.0 Å². The van der Waals surface area contributed by atoms with Crippen molar-refractivity contribution in [1.82, 2.24) is 5.16 Å². The molecule has 1 aromatic heterocycles. The molecule has 1 aliphatic rings. The maximum atomic E-state index is 12.4. The van der Waals surface area contributed by atoms with E-state index in [2.05, 4.69) is 10.5 Å². The lowest BCUT2D eigenvalue weighted by atomic mass is 10.0. The Morgan fingerprint density at radius 3 is 2.56 bits per heavy atom. The number of fused-ring (bicyclic) bond motifs is 1. The lowest BCUT2D eigenvalue weighted by molar-refractivity contribution is -0.110. The van der Waals surface area contributed by atoms with Crippen LogP contribution in [0.1, 0.15) is 16.9 Å². The summed E-state index contributed by atoms with van der Waals surface area (Å²) >= 11 is 12.6. The molecule has 1 N–H and O–H groups in total. The first-order valence-electron chi connectivity index (χ1n) is 7.59. The molecular formula is C19H12Cl2N2O2. The van der Waals surface area contributed by atoms with Crippen molar-refractivity contribution in [2.45, 2.75) is 6.92 Å². The highest BCUT2D eigenvalue weighted by Crippen LogP contribution is 2.39. The van der Waals surface area contributed by atoms with E-state index in [1.54, 1.807) is 31.2 Å². The van der Waals surface area contributed by atoms with E-state index in [0.717, 1.165) is 11.3 Å². The van der Waals surface area contributed by atoms with Gasteiger partial charge in [0.25, 0.3) is 5.91 Å². The monoisotopic (exact) mass is 370 g/mol. The van der Waals surface area contributed by atoms with Gasteiger partial charge in [0.2, 0.25) is 0 Å². The lowest BCUT2D eigenvalue weighted by Gasteiger charge is -2.05. The van der Waals surface area contributed by atoms with Crippen LogP contribution in [0, 0.1) is 6.92 Å². The number of benzene rings is 2. The molecule has 3 aromatic rings. The SMILES string of the molecule is Cc1onc(-c2c(Cl)cccc2Cl)c1C=C1C(=O)Nc2ccccc21. The minimum absolute atomic E-state index is 0.169. The first-order valence-corrected chi connectivity index (χ1v) is 8.35. The van der Waals surface area contributed by atoms with E-state index in [1.165, 1.54) is 0 Å². The van der Waals surface area contributed by atoms with Crippen LogP contribution >= 0.6 is 23.2 Å². The predicted molar refractivity (Wildman–Crippen MR) is 99.6 cm³/mol. The van der Waals surface area contributed by atoms with E-state index in [9.17, 15) is 4.79 Å². The van der Waals surface area contributed by atoms with Crippen LogP contribution in [-0.4, -0.2) is 11.1 Å². The molecule has 0 fully saturated rings. The van der Waals surface area contributed by atoms with Gasteiger partial charge in [0, 0.05) is 28.0 Å². The Morgan fingerprint density at radius 2 is 1.80 bits per heavy atom. The van der Waals surface area contributed by atoms with Gasteiger partial charge in [-0.2, -0.15) is 0 Å². The number of aromatic nitrogens is 1. The second-order valence-electron chi connectivity index (χ2n) is 5.66. The Labute approximate surface area is 154 Å². The molecule has 124 valence electrons. The quantitative estimate of drug-likeness (QED) is 0.610. The number of rotatable bonds is 2. The van der Waals surface area contributed by atoms with Gasteiger partial charge in [0.15, 0.2) is 0 Å². The van der Waals surface area contributed by atoms with Gasteiger partial charge in [0.05, 0.1) is 10.0 Å². The molecule has 1 aliphatic heterocycles. The fraction of sp³-hybridized carbons (Fsp3) is 0.0526. The number of hydrogen-bond acceptors (Lipinski definition) is 3. The Morgan fingerprint density at radius 1 is 1.08 bits per heavy atom. The van der Waals surface area contributed by atoms with Crippen LogP contribution < -0.4 is 5.32 Å². The van der Waals surface area contributed by atoms with Crippen LogP contribution in [-0.2, 0) is 4.79 Å². The average Bonchev–Trinajstić information content (AvgIpc) is 3.09. The van der Waals surface area contributed by atoms with E-state index in [0.29, 0.717) is 38.2 Å². The number of aryl methyl sites for hydroxylation is 1. The van der Waals surface area contributed by atoms with Crippen LogP contribution in [0.25, 0.3) is 22.9 Å². The van der Waals surface area contributed by atoms with Crippen LogP contribution in [0.3, 0.4) is 0 Å². The Hall–Kier alpha value is -2.56. The molecule has 0 saturated heterocycles. The van der Waals surface area contributed by atoms with Gasteiger partial charge in [-0.1, -0.05) is 52.6 Å². The molecule has 25 heavy (non-hydrogen) atoms. The van der Waals surface area contributed by atoms with Crippen LogP contribution in [0.4, 0.5) is 5.69 Å². The summed E-state index contributed by atoms with van der Waals surface area (Å²) in [4.78, 5) is 12.4. The second kappa shape index (κ2) is 6.06. The number of halogens is 2. The Bertz CT molecular complexity index is 1020. The molecule has 6 heteroatoms. The number of nitrogens with zero attached hydrogens (tertiary/aromatic N) is 1. The third kappa shape index (κ3) is 2.64. The zero-order chi connectivity index (χ0) is 17.6. The highest BCUT2D eigenvalue weighted by Gasteiger charge is 2.26. The molecule has 0 atom stereocenters. The van der Waals surface area contributed by atoms with E-state index < -0.39 is 0 Å². The number of para-hydroxylation sites is 1. The van der Waals surface area contributed by atoms with Gasteiger partial charge in [0.1, 0.15) is 11.5 Å². The van der Waals surface area contributed by atoms with Gasteiger partial charge < -0.3 is 9.84 Å². The van der Waals surface area contributed by atoms with Crippen molar-refractivity contribution >= 4 is 46.4 Å². The fourth-order valence-electron chi connectivity index (χ4n) is 2.88. The molecule has 2 heterocycles. The summed E-state index contributed by atoms with van der Waals surface area (Å²) < 4.78 is 5.35. The Kier molecular flexibility index (Phi) is 3.86. The first-order chi connectivity index (χ1) is 12.1. The summed E-state index contributed by atoms with van der Waals surface area (Å²) in [5, 5.41) is 7.90. The molecule has 0 saturated carbocycles. The van der Waals surface area contributed by atoms with E-state index >= 15 is 0 Å². The standard InChI is InChI=1S/C19H12Cl2N2O2/c1-10-12(9-13-11-5-2-3-8-16(11)22-19(13)24)18(23-25-10)17-14(20)6-4-7-15(17)21/h2-9H,1H3,(H,22,24). The molecule has 1 amide bonds. The van der Waals surface area contributed by atoms with Crippen molar-refractivity contribution in [2.75, 3.05) is 5.32 Å². The smallest absolute Gasteiger partial charge is 0.256 e. The molecule has 4 nitrogen and oxygen atoms in total. The minimum atomic E-state index is -0.169. The zero-order valence-corrected chi connectivity index (χ0v) is 14.7. The summed E-state index contributed by atoms with van der Waals surface area (Å²) in [5.74, 6) is 0.411. The molecule has 0 spiro atoms. The third-order valence-corrected chi connectivity index (χ3v) is 4.74. The van der Waals surface area contributed by atoms with Crippen molar-refractivity contribution in [3.63, 3.8) is 0 Å². The molecule has 2 aromatic carbocycles. The molecule has 4 rings (SSSR count). The van der Waals surface area contributed by atoms with Gasteiger partial charge in [-0.05, 0) is 31.2 Å². The van der Waals surface area contributed by atoms with Crippen molar-refractivity contribution in [1.29, 1.82) is 0 Å². The molecular weight excluding hydrogens is 359 g/mol. The molecule has 0 radical (unpaired) electrons. The molecule has 0 unspecified atom stereocenters. The Balaban J connectivity index is 1.92. The fourth-order valence-corrected chi connectivity index (χ4v) is 3.46. The van der Waals surface area contributed by atoms with Gasteiger partial charge >= 0.3 is 0 Å². The summed E-state index contributed by atoms with van der Waals surface area (Å²) in [6.07, 6.45) is 1.77. The lowest BCUT2D eigenvalue weighted by Crippen LogP contribution is -2.03. The number of hydrogen-bond donors (Lipinski definition) is 1.